The molecule has 0 spiro atoms. The van der Waals surface area contributed by atoms with E-state index in [0.29, 0.717) is 23.8 Å². The number of hydrogen-bond donors (Lipinski definition) is 2. The number of nitrogens with one attached hydrogen (secondary N) is 1. The molecule has 15 heavy (non-hydrogen) atoms. The second kappa shape index (κ2) is 5.32. The number of aromatic nitrogens is 2. The van der Waals surface area contributed by atoms with Gasteiger partial charge in [0.2, 0.25) is 0 Å². The topological polar surface area (TPSA) is 66.0 Å². The minimum atomic E-state index is -0.668. The molecule has 5 heteroatoms. The average molecular weight is 228 g/mol. The lowest BCUT2D eigenvalue weighted by Gasteiger charge is -2.23. The quantitative estimate of drug-likeness (QED) is 0.591. The summed E-state index contributed by atoms with van der Waals surface area (Å²) in [7, 11) is 0. The molecule has 0 unspecified atom stereocenters. The highest BCUT2D eigenvalue weighted by Crippen LogP contribution is 2.23. The van der Waals surface area contributed by atoms with E-state index < -0.39 is 5.60 Å². The predicted molar refractivity (Wildman–Crippen MR) is 61.1 cm³/mol. The van der Waals surface area contributed by atoms with Gasteiger partial charge in [-0.05, 0) is 12.8 Å². The molecular weight excluding hydrogens is 212 g/mol. The molecule has 0 amide bonds. The highest BCUT2D eigenvalue weighted by atomic mass is 32.2. The molecule has 1 rings (SSSR count). The van der Waals surface area contributed by atoms with Crippen molar-refractivity contribution in [3.63, 3.8) is 0 Å². The molecule has 1 aromatic rings. The zero-order chi connectivity index (χ0) is 11.3. The Kier molecular flexibility index (Phi) is 4.35. The number of hydrogen-bond acceptors (Lipinski definition) is 4. The van der Waals surface area contributed by atoms with Crippen molar-refractivity contribution in [2.24, 2.45) is 0 Å². The normalized spacial score (nSPS) is 11.7. The molecule has 4 nitrogen and oxygen atoms in total. The lowest BCUT2D eigenvalue weighted by Crippen LogP contribution is -2.29. The van der Waals surface area contributed by atoms with Gasteiger partial charge in [-0.15, -0.1) is 0 Å². The largest absolute Gasteiger partial charge is 0.389 e. The molecule has 84 valence electrons. The Balaban J connectivity index is 2.60. The van der Waals surface area contributed by atoms with E-state index in [1.807, 2.05) is 13.8 Å². The lowest BCUT2D eigenvalue weighted by atomic mass is 10.0. The summed E-state index contributed by atoms with van der Waals surface area (Å²) in [5.74, 6) is 0.549. The number of thioether (sulfide) groups is 1. The zero-order valence-corrected chi connectivity index (χ0v) is 9.80. The van der Waals surface area contributed by atoms with Crippen LogP contribution in [0.2, 0.25) is 0 Å². The van der Waals surface area contributed by atoms with E-state index >= 15 is 0 Å². The van der Waals surface area contributed by atoms with Crippen molar-refractivity contribution in [1.29, 1.82) is 0 Å². The van der Waals surface area contributed by atoms with Crippen molar-refractivity contribution in [2.75, 3.05) is 5.75 Å². The van der Waals surface area contributed by atoms with Crippen LogP contribution in [0.1, 0.15) is 26.7 Å². The average Bonchev–Trinajstić information content (AvgIpc) is 2.26. The second-order valence-electron chi connectivity index (χ2n) is 3.46. The molecule has 0 aliphatic rings. The fourth-order valence-electron chi connectivity index (χ4n) is 1.08. The van der Waals surface area contributed by atoms with E-state index in [9.17, 15) is 9.90 Å². The summed E-state index contributed by atoms with van der Waals surface area (Å²) in [5.41, 5.74) is -0.831. The summed E-state index contributed by atoms with van der Waals surface area (Å²) in [6, 6.07) is 1.37. The van der Waals surface area contributed by atoms with Crippen LogP contribution < -0.4 is 5.56 Å². The monoisotopic (exact) mass is 228 g/mol. The van der Waals surface area contributed by atoms with Crippen LogP contribution in [-0.4, -0.2) is 26.4 Å². The van der Waals surface area contributed by atoms with Crippen LogP contribution >= 0.6 is 11.8 Å². The Labute approximate surface area is 93.1 Å². The van der Waals surface area contributed by atoms with Gasteiger partial charge in [0.15, 0.2) is 5.16 Å². The molecule has 0 atom stereocenters. The van der Waals surface area contributed by atoms with Crippen LogP contribution in [0, 0.1) is 0 Å². The third kappa shape index (κ3) is 3.68. The number of nitrogens with zero attached hydrogens (tertiary/aromatic N) is 1. The van der Waals surface area contributed by atoms with Crippen LogP contribution in [0.25, 0.3) is 0 Å². The van der Waals surface area contributed by atoms with Crippen LogP contribution in [0.15, 0.2) is 22.2 Å². The van der Waals surface area contributed by atoms with Gasteiger partial charge < -0.3 is 10.1 Å². The lowest BCUT2D eigenvalue weighted by molar-refractivity contribution is 0.0571. The molecule has 0 bridgehead atoms. The van der Waals surface area contributed by atoms with Crippen molar-refractivity contribution >= 4 is 11.8 Å². The molecule has 0 aliphatic carbocycles. The minimum absolute atomic E-state index is 0.163. The van der Waals surface area contributed by atoms with Gasteiger partial charge in [0.05, 0.1) is 5.60 Å². The fraction of sp³-hybridized carbons (Fsp3) is 0.600. The summed E-state index contributed by atoms with van der Waals surface area (Å²) in [6.07, 6.45) is 2.87. The van der Waals surface area contributed by atoms with E-state index in [2.05, 4.69) is 9.97 Å². The zero-order valence-electron chi connectivity index (χ0n) is 8.99. The van der Waals surface area contributed by atoms with E-state index in [0.717, 1.165) is 0 Å². The van der Waals surface area contributed by atoms with Gasteiger partial charge in [0.25, 0.3) is 5.56 Å². The van der Waals surface area contributed by atoms with Gasteiger partial charge in [-0.2, -0.15) is 0 Å². The van der Waals surface area contributed by atoms with Crippen molar-refractivity contribution in [3.8, 4) is 0 Å². The predicted octanol–water partition coefficient (Wildman–Crippen LogP) is 1.41. The molecule has 0 fully saturated rings. The van der Waals surface area contributed by atoms with Gasteiger partial charge in [-0.25, -0.2) is 4.98 Å². The highest BCUT2D eigenvalue weighted by Gasteiger charge is 2.22. The number of H-pyrrole nitrogens is 1. The Hall–Kier alpha value is -0.810. The Morgan fingerprint density at radius 1 is 1.53 bits per heavy atom. The second-order valence-corrected chi connectivity index (χ2v) is 4.42. The standard InChI is InChI=1S/C10H16N2O2S/c1-3-10(14,4-2)7-15-9-11-6-5-8(13)12-9/h5-6,14H,3-4,7H2,1-2H3,(H,11,12,13). The van der Waals surface area contributed by atoms with Gasteiger partial charge in [-0.1, -0.05) is 25.6 Å². The maximum Gasteiger partial charge on any atom is 0.251 e. The summed E-state index contributed by atoms with van der Waals surface area (Å²) in [4.78, 5) is 17.6. The van der Waals surface area contributed by atoms with Crippen LogP contribution in [-0.2, 0) is 0 Å². The van der Waals surface area contributed by atoms with E-state index in [1.165, 1.54) is 24.0 Å². The molecule has 0 radical (unpaired) electrons. The van der Waals surface area contributed by atoms with Crippen LogP contribution in [0.4, 0.5) is 0 Å². The summed E-state index contributed by atoms with van der Waals surface area (Å²) in [6.45, 7) is 3.90. The molecular formula is C10H16N2O2S. The molecule has 0 saturated carbocycles. The van der Waals surface area contributed by atoms with Gasteiger partial charge in [-0.3, -0.25) is 4.79 Å². The highest BCUT2D eigenvalue weighted by molar-refractivity contribution is 7.99. The summed E-state index contributed by atoms with van der Waals surface area (Å²) < 4.78 is 0. The molecule has 0 aliphatic heterocycles. The number of aliphatic hydroxyl groups is 1. The van der Waals surface area contributed by atoms with Gasteiger partial charge >= 0.3 is 0 Å². The number of rotatable bonds is 5. The third-order valence-electron chi connectivity index (χ3n) is 2.44. The molecule has 0 saturated heterocycles. The Morgan fingerprint density at radius 3 is 2.73 bits per heavy atom. The Bertz CT molecular complexity index is 360. The summed E-state index contributed by atoms with van der Waals surface area (Å²) >= 11 is 1.37. The van der Waals surface area contributed by atoms with Gasteiger partial charge in [0.1, 0.15) is 0 Å². The minimum Gasteiger partial charge on any atom is -0.389 e. The first-order chi connectivity index (χ1) is 7.09. The van der Waals surface area contributed by atoms with Gasteiger partial charge in [0, 0.05) is 18.0 Å². The number of aromatic amines is 1. The van der Waals surface area contributed by atoms with Crippen molar-refractivity contribution in [2.45, 2.75) is 37.4 Å². The maximum atomic E-state index is 11.0. The van der Waals surface area contributed by atoms with Crippen molar-refractivity contribution in [3.05, 3.63) is 22.6 Å². The molecule has 0 aromatic carbocycles. The fourth-order valence-corrected chi connectivity index (χ4v) is 2.20. The molecule has 2 N–H and O–H groups in total. The van der Waals surface area contributed by atoms with E-state index in [1.54, 1.807) is 0 Å². The summed E-state index contributed by atoms with van der Waals surface area (Å²) in [5, 5.41) is 10.6. The van der Waals surface area contributed by atoms with E-state index in [-0.39, 0.29) is 5.56 Å². The molecule has 1 aromatic heterocycles. The smallest absolute Gasteiger partial charge is 0.251 e. The third-order valence-corrected chi connectivity index (χ3v) is 3.60. The first kappa shape index (κ1) is 12.3. The van der Waals surface area contributed by atoms with Crippen molar-refractivity contribution < 1.29 is 5.11 Å². The first-order valence-electron chi connectivity index (χ1n) is 5.00. The van der Waals surface area contributed by atoms with Crippen LogP contribution in [0.3, 0.4) is 0 Å². The molecule has 1 heterocycles. The SMILES string of the molecule is CCC(O)(CC)CSc1nccc(=O)[nH]1. The maximum absolute atomic E-state index is 11.0. The Morgan fingerprint density at radius 2 is 2.20 bits per heavy atom. The first-order valence-corrected chi connectivity index (χ1v) is 5.98. The van der Waals surface area contributed by atoms with Crippen molar-refractivity contribution in [1.82, 2.24) is 9.97 Å². The van der Waals surface area contributed by atoms with Crippen LogP contribution in [0.5, 0.6) is 0 Å². The van der Waals surface area contributed by atoms with E-state index in [4.69, 9.17) is 0 Å².